The Morgan fingerprint density at radius 3 is 2.35 bits per heavy atom. The zero-order valence-electron chi connectivity index (χ0n) is 19.5. The second-order valence-electron chi connectivity index (χ2n) is 8.05. The van der Waals surface area contributed by atoms with Crippen molar-refractivity contribution < 1.29 is 27.5 Å². The first-order valence-electron chi connectivity index (χ1n) is 11.0. The number of hydrogen-bond donors (Lipinski definition) is 0. The number of aryl methyl sites for hydroxylation is 1. The van der Waals surface area contributed by atoms with Gasteiger partial charge in [-0.05, 0) is 68.7 Å². The van der Waals surface area contributed by atoms with Gasteiger partial charge in [-0.25, -0.2) is 8.42 Å². The van der Waals surface area contributed by atoms with Crippen molar-refractivity contribution in [3.63, 3.8) is 0 Å². The lowest BCUT2D eigenvalue weighted by atomic mass is 9.97. The molecule has 0 aliphatic carbocycles. The van der Waals surface area contributed by atoms with Gasteiger partial charge < -0.3 is 14.4 Å². The Bertz CT molecular complexity index is 1130. The molecule has 1 aliphatic heterocycles. The number of esters is 1. The molecule has 0 atom stereocenters. The van der Waals surface area contributed by atoms with Crippen LogP contribution in [0.2, 0.25) is 5.02 Å². The van der Waals surface area contributed by atoms with Crippen molar-refractivity contribution in [2.45, 2.75) is 31.6 Å². The fourth-order valence-corrected chi connectivity index (χ4v) is 5.66. The fraction of sp³-hybridized carbons (Fsp3) is 0.417. The number of benzene rings is 2. The van der Waals surface area contributed by atoms with Crippen LogP contribution in [0.1, 0.15) is 25.3 Å². The molecule has 184 valence electrons. The quantitative estimate of drug-likeness (QED) is 0.505. The van der Waals surface area contributed by atoms with Gasteiger partial charge in [-0.1, -0.05) is 17.7 Å². The molecule has 10 heteroatoms. The lowest BCUT2D eigenvalue weighted by Crippen LogP contribution is -2.46. The zero-order valence-corrected chi connectivity index (χ0v) is 21.1. The van der Waals surface area contributed by atoms with Gasteiger partial charge in [0.1, 0.15) is 17.2 Å². The van der Waals surface area contributed by atoms with E-state index in [4.69, 9.17) is 21.1 Å². The number of hydrogen-bond acceptors (Lipinski definition) is 6. The molecule has 2 aromatic rings. The summed E-state index contributed by atoms with van der Waals surface area (Å²) in [4.78, 5) is 26.8. The first kappa shape index (κ1) is 25.8. The van der Waals surface area contributed by atoms with E-state index in [1.807, 2.05) is 0 Å². The highest BCUT2D eigenvalue weighted by atomic mass is 35.5. The van der Waals surface area contributed by atoms with Crippen LogP contribution < -0.4 is 9.04 Å². The Balaban J connectivity index is 1.88. The molecule has 34 heavy (non-hydrogen) atoms. The Morgan fingerprint density at radius 2 is 1.76 bits per heavy atom. The van der Waals surface area contributed by atoms with Gasteiger partial charge >= 0.3 is 5.97 Å². The molecule has 8 nitrogen and oxygen atoms in total. The first-order valence-corrected chi connectivity index (χ1v) is 12.9. The summed E-state index contributed by atoms with van der Waals surface area (Å²) in [5.41, 5.74) is 1.05. The van der Waals surface area contributed by atoms with Crippen LogP contribution in [0.5, 0.6) is 5.75 Å². The van der Waals surface area contributed by atoms with Gasteiger partial charge in [0, 0.05) is 18.1 Å². The summed E-state index contributed by atoms with van der Waals surface area (Å²) < 4.78 is 39.0. The number of nitrogens with zero attached hydrogens (tertiary/aromatic N) is 2. The van der Waals surface area contributed by atoms with Crippen molar-refractivity contribution in [2.75, 3.05) is 37.7 Å². The number of methoxy groups -OCH3 is 1. The molecule has 2 aromatic carbocycles. The topological polar surface area (TPSA) is 93.2 Å². The average Bonchev–Trinajstić information content (AvgIpc) is 2.83. The minimum Gasteiger partial charge on any atom is -0.495 e. The van der Waals surface area contributed by atoms with Crippen LogP contribution in [0, 0.1) is 12.8 Å². The normalized spacial score (nSPS) is 14.5. The second-order valence-corrected chi connectivity index (χ2v) is 10.3. The molecule has 0 spiro atoms. The average molecular weight is 509 g/mol. The number of amides is 1. The Morgan fingerprint density at radius 1 is 1.12 bits per heavy atom. The predicted molar refractivity (Wildman–Crippen MR) is 130 cm³/mol. The molecule has 0 radical (unpaired) electrons. The van der Waals surface area contributed by atoms with Crippen molar-refractivity contribution in [3.05, 3.63) is 53.1 Å². The Kier molecular flexibility index (Phi) is 8.43. The van der Waals surface area contributed by atoms with Gasteiger partial charge in [-0.3, -0.25) is 13.9 Å². The van der Waals surface area contributed by atoms with Crippen LogP contribution in [0.25, 0.3) is 0 Å². The number of carbonyl (C=O) groups is 2. The molecular weight excluding hydrogens is 480 g/mol. The Labute approximate surface area is 205 Å². The Hall–Kier alpha value is -2.78. The predicted octanol–water partition coefficient (Wildman–Crippen LogP) is 3.65. The summed E-state index contributed by atoms with van der Waals surface area (Å²) in [5.74, 6) is -0.678. The number of sulfonamides is 1. The number of piperidine rings is 1. The number of rotatable bonds is 8. The van der Waals surface area contributed by atoms with E-state index in [9.17, 15) is 18.0 Å². The van der Waals surface area contributed by atoms with Crippen LogP contribution in [0.15, 0.2) is 47.4 Å². The first-order chi connectivity index (χ1) is 16.2. The third kappa shape index (κ3) is 5.82. The third-order valence-corrected chi connectivity index (χ3v) is 7.80. The highest BCUT2D eigenvalue weighted by Crippen LogP contribution is 2.32. The minimum atomic E-state index is -4.15. The third-order valence-electron chi connectivity index (χ3n) is 5.75. The number of likely N-dealkylation sites (tertiary alicyclic amines) is 1. The van der Waals surface area contributed by atoms with Crippen LogP contribution in [0.3, 0.4) is 0 Å². The molecule has 1 aliphatic rings. The van der Waals surface area contributed by atoms with Gasteiger partial charge in [0.2, 0.25) is 5.91 Å². The summed E-state index contributed by atoms with van der Waals surface area (Å²) >= 11 is 6.00. The van der Waals surface area contributed by atoms with E-state index in [1.165, 1.54) is 13.2 Å². The SMILES string of the molecule is CCOC(=O)C1CCN(C(=O)CN(c2ccc(Cl)cc2)S(=O)(=O)c2cc(C)ccc2OC)CC1. The number of carbonyl (C=O) groups excluding carboxylic acids is 2. The highest BCUT2D eigenvalue weighted by molar-refractivity contribution is 7.93. The largest absolute Gasteiger partial charge is 0.495 e. The molecule has 0 unspecified atom stereocenters. The zero-order chi connectivity index (χ0) is 24.9. The van der Waals surface area contributed by atoms with E-state index in [0.29, 0.717) is 43.2 Å². The van der Waals surface area contributed by atoms with Gasteiger partial charge in [-0.15, -0.1) is 0 Å². The molecule has 1 saturated heterocycles. The van der Waals surface area contributed by atoms with Crippen LogP contribution in [-0.4, -0.2) is 58.5 Å². The second kappa shape index (κ2) is 11.1. The number of halogens is 1. The number of anilines is 1. The van der Waals surface area contributed by atoms with Crippen molar-refractivity contribution in [1.82, 2.24) is 4.90 Å². The van der Waals surface area contributed by atoms with E-state index < -0.39 is 16.6 Å². The van der Waals surface area contributed by atoms with E-state index in [1.54, 1.807) is 55.1 Å². The highest BCUT2D eigenvalue weighted by Gasteiger charge is 2.33. The molecule has 1 amide bonds. The maximum Gasteiger partial charge on any atom is 0.309 e. The lowest BCUT2D eigenvalue weighted by molar-refractivity contribution is -0.151. The van der Waals surface area contributed by atoms with Crippen molar-refractivity contribution in [1.29, 1.82) is 0 Å². The van der Waals surface area contributed by atoms with Gasteiger partial charge in [0.15, 0.2) is 0 Å². The van der Waals surface area contributed by atoms with E-state index >= 15 is 0 Å². The lowest BCUT2D eigenvalue weighted by Gasteiger charge is -2.33. The summed E-state index contributed by atoms with van der Waals surface area (Å²) in [6.45, 7) is 4.16. The minimum absolute atomic E-state index is 0.0289. The van der Waals surface area contributed by atoms with Crippen LogP contribution >= 0.6 is 11.6 Å². The molecule has 0 bridgehead atoms. The molecule has 1 heterocycles. The molecule has 1 fully saturated rings. The van der Waals surface area contributed by atoms with Gasteiger partial charge in [0.05, 0.1) is 25.3 Å². The molecule has 3 rings (SSSR count). The van der Waals surface area contributed by atoms with Crippen molar-refractivity contribution in [3.8, 4) is 5.75 Å². The summed E-state index contributed by atoms with van der Waals surface area (Å²) in [6, 6.07) is 11.1. The number of ether oxygens (including phenoxy) is 2. The summed E-state index contributed by atoms with van der Waals surface area (Å²) in [7, 11) is -2.76. The monoisotopic (exact) mass is 508 g/mol. The molecule has 0 saturated carbocycles. The summed E-state index contributed by atoms with van der Waals surface area (Å²) in [6.07, 6.45) is 0.952. The summed E-state index contributed by atoms with van der Waals surface area (Å²) in [5, 5.41) is 0.446. The maximum atomic E-state index is 13.8. The van der Waals surface area contributed by atoms with Crippen molar-refractivity contribution in [2.24, 2.45) is 5.92 Å². The smallest absolute Gasteiger partial charge is 0.309 e. The maximum absolute atomic E-state index is 13.8. The standard InChI is InChI=1S/C24H29ClN2O6S/c1-4-33-24(29)18-11-13-26(14-12-18)23(28)16-27(20-8-6-19(25)7-9-20)34(30,31)22-15-17(2)5-10-21(22)32-3/h5-10,15,18H,4,11-14,16H2,1-3H3. The molecular formula is C24H29ClN2O6S. The molecule has 0 aromatic heterocycles. The molecule has 0 N–H and O–H groups in total. The van der Waals surface area contributed by atoms with Crippen molar-refractivity contribution >= 4 is 39.2 Å². The van der Waals surface area contributed by atoms with Gasteiger partial charge in [0.25, 0.3) is 10.0 Å². The van der Waals surface area contributed by atoms with Gasteiger partial charge in [-0.2, -0.15) is 0 Å². The van der Waals surface area contributed by atoms with E-state index in [2.05, 4.69) is 0 Å². The van der Waals surface area contributed by atoms with E-state index in [-0.39, 0.29) is 28.4 Å². The van der Waals surface area contributed by atoms with E-state index in [0.717, 1.165) is 9.87 Å². The fourth-order valence-electron chi connectivity index (χ4n) is 3.87. The van der Waals surface area contributed by atoms with Crippen LogP contribution in [0.4, 0.5) is 5.69 Å². The van der Waals surface area contributed by atoms with Crippen LogP contribution in [-0.2, 0) is 24.3 Å².